The number of carbonyl (C=O) groups is 1. The van der Waals surface area contributed by atoms with Gasteiger partial charge < -0.3 is 10.2 Å². The minimum Gasteiger partial charge on any atom is -0.345 e. The van der Waals surface area contributed by atoms with Crippen molar-refractivity contribution in [1.82, 2.24) is 5.32 Å². The normalized spacial score (nSPS) is 17.6. The van der Waals surface area contributed by atoms with Crippen molar-refractivity contribution in [3.05, 3.63) is 77.5 Å². The Morgan fingerprint density at radius 3 is 2.64 bits per heavy atom. The predicted octanol–water partition coefficient (Wildman–Crippen LogP) is 3.72. The van der Waals surface area contributed by atoms with Gasteiger partial charge in [0, 0.05) is 17.9 Å². The fourth-order valence-corrected chi connectivity index (χ4v) is 3.16. The lowest BCUT2D eigenvalue weighted by Crippen LogP contribution is -2.30. The molecule has 1 aliphatic rings. The summed E-state index contributed by atoms with van der Waals surface area (Å²) in [5.41, 5.74) is 3.42. The number of fused-ring (bicyclic) bond motifs is 1. The Hall–Kier alpha value is -3.06. The van der Waals surface area contributed by atoms with Crippen LogP contribution in [0.15, 0.2) is 66.4 Å². The second-order valence-electron chi connectivity index (χ2n) is 6.35. The highest BCUT2D eigenvalue weighted by Gasteiger charge is 2.25. The number of anilines is 1. The molecule has 0 saturated heterocycles. The lowest BCUT2D eigenvalue weighted by atomic mass is 10.1. The highest BCUT2D eigenvalue weighted by Crippen LogP contribution is 2.32. The second-order valence-corrected chi connectivity index (χ2v) is 6.35. The first kappa shape index (κ1) is 16.8. The summed E-state index contributed by atoms with van der Waals surface area (Å²) in [5, 5.41) is 12.4. The van der Waals surface area contributed by atoms with E-state index in [0.717, 1.165) is 17.7 Å². The predicted molar refractivity (Wildman–Crippen MR) is 98.8 cm³/mol. The molecule has 2 aromatic carbocycles. The van der Waals surface area contributed by atoms with Gasteiger partial charge in [-0.1, -0.05) is 48.5 Å². The van der Waals surface area contributed by atoms with E-state index in [1.54, 1.807) is 6.20 Å². The van der Waals surface area contributed by atoms with Gasteiger partial charge in [-0.25, -0.2) is 0 Å². The third kappa shape index (κ3) is 3.56. The first-order valence-corrected chi connectivity index (χ1v) is 8.44. The quantitative estimate of drug-likeness (QED) is 0.686. The van der Waals surface area contributed by atoms with Crippen molar-refractivity contribution in [3.63, 3.8) is 0 Å². The second kappa shape index (κ2) is 7.23. The number of carbonyl (C=O) groups excluding carboxylic acids is 1. The molecule has 1 N–H and O–H groups in total. The van der Waals surface area contributed by atoms with Gasteiger partial charge in [-0.2, -0.15) is 5.26 Å². The molecule has 126 valence electrons. The van der Waals surface area contributed by atoms with Crippen LogP contribution in [0.4, 0.5) is 5.69 Å². The van der Waals surface area contributed by atoms with Crippen LogP contribution in [0.2, 0.25) is 0 Å². The van der Waals surface area contributed by atoms with Crippen molar-refractivity contribution < 1.29 is 4.79 Å². The number of rotatable bonds is 4. The lowest BCUT2D eigenvalue weighted by molar-refractivity contribution is -0.117. The Bertz CT molecular complexity index is 836. The third-order valence-corrected chi connectivity index (χ3v) is 4.54. The van der Waals surface area contributed by atoms with Crippen molar-refractivity contribution in [2.75, 3.05) is 4.90 Å². The summed E-state index contributed by atoms with van der Waals surface area (Å²) in [4.78, 5) is 14.6. The highest BCUT2D eigenvalue weighted by atomic mass is 16.1. The number of benzene rings is 2. The molecule has 1 amide bonds. The summed E-state index contributed by atoms with van der Waals surface area (Å²) in [6.45, 7) is 4.01. The fraction of sp³-hybridized carbons (Fsp3) is 0.238. The van der Waals surface area contributed by atoms with E-state index in [9.17, 15) is 10.1 Å². The molecule has 1 heterocycles. The Labute approximate surface area is 148 Å². The Morgan fingerprint density at radius 2 is 1.92 bits per heavy atom. The van der Waals surface area contributed by atoms with E-state index in [0.29, 0.717) is 0 Å². The van der Waals surface area contributed by atoms with Crippen molar-refractivity contribution in [2.45, 2.75) is 32.4 Å². The molecule has 4 nitrogen and oxygen atoms in total. The smallest absolute Gasteiger partial charge is 0.263 e. The summed E-state index contributed by atoms with van der Waals surface area (Å²) in [7, 11) is 0. The summed E-state index contributed by atoms with van der Waals surface area (Å²) >= 11 is 0. The van der Waals surface area contributed by atoms with Gasteiger partial charge in [-0.3, -0.25) is 4.79 Å². The van der Waals surface area contributed by atoms with Crippen molar-refractivity contribution >= 4 is 11.6 Å². The SMILES string of the molecule is CC(NC(=O)/C(C#N)=C\N1c2ccccc2CC1C)c1ccccc1. The molecule has 2 aromatic rings. The molecule has 0 aromatic heterocycles. The van der Waals surface area contributed by atoms with Gasteiger partial charge in [0.15, 0.2) is 0 Å². The van der Waals surface area contributed by atoms with Crippen molar-refractivity contribution in [2.24, 2.45) is 0 Å². The first-order chi connectivity index (χ1) is 12.1. The zero-order chi connectivity index (χ0) is 17.8. The molecule has 25 heavy (non-hydrogen) atoms. The van der Waals surface area contributed by atoms with E-state index in [-0.39, 0.29) is 23.6 Å². The van der Waals surface area contributed by atoms with Crippen LogP contribution in [0.5, 0.6) is 0 Å². The van der Waals surface area contributed by atoms with Gasteiger partial charge in [-0.05, 0) is 37.5 Å². The number of para-hydroxylation sites is 1. The van der Waals surface area contributed by atoms with Crippen molar-refractivity contribution in [1.29, 1.82) is 5.26 Å². The van der Waals surface area contributed by atoms with E-state index >= 15 is 0 Å². The number of nitrogens with zero attached hydrogens (tertiary/aromatic N) is 2. The van der Waals surface area contributed by atoms with Crippen molar-refractivity contribution in [3.8, 4) is 6.07 Å². The maximum atomic E-state index is 12.5. The number of nitrogens with one attached hydrogen (secondary N) is 1. The fourth-order valence-electron chi connectivity index (χ4n) is 3.16. The summed E-state index contributed by atoms with van der Waals surface area (Å²) < 4.78 is 0. The standard InChI is InChI=1S/C21H21N3O/c1-15-12-18-10-6-7-11-20(18)24(15)14-19(13-22)21(25)23-16(2)17-8-4-3-5-9-17/h3-11,14-16H,12H2,1-2H3,(H,23,25)/b19-14-. The van der Waals surface area contributed by atoms with Crippen LogP contribution in [0.25, 0.3) is 0 Å². The van der Waals surface area contributed by atoms with Crippen LogP contribution in [0.1, 0.15) is 31.0 Å². The summed E-state index contributed by atoms with van der Waals surface area (Å²) in [6.07, 6.45) is 2.58. The summed E-state index contributed by atoms with van der Waals surface area (Å²) in [6, 6.07) is 19.9. The van der Waals surface area contributed by atoms with E-state index in [4.69, 9.17) is 0 Å². The first-order valence-electron chi connectivity index (χ1n) is 8.44. The van der Waals surface area contributed by atoms with Gasteiger partial charge in [0.2, 0.25) is 0 Å². The average molecular weight is 331 g/mol. The Morgan fingerprint density at radius 1 is 1.24 bits per heavy atom. The zero-order valence-electron chi connectivity index (χ0n) is 14.4. The minimum absolute atomic E-state index is 0.117. The lowest BCUT2D eigenvalue weighted by Gasteiger charge is -2.21. The number of nitriles is 1. The third-order valence-electron chi connectivity index (χ3n) is 4.54. The molecule has 2 atom stereocenters. The average Bonchev–Trinajstić information content (AvgIpc) is 2.95. The summed E-state index contributed by atoms with van der Waals surface area (Å²) in [5.74, 6) is -0.351. The molecule has 0 radical (unpaired) electrons. The molecule has 0 spiro atoms. The van der Waals surface area contributed by atoms with Gasteiger partial charge in [0.05, 0.1) is 6.04 Å². The van der Waals surface area contributed by atoms with Crippen LogP contribution in [0, 0.1) is 11.3 Å². The molecular weight excluding hydrogens is 310 g/mol. The van der Waals surface area contributed by atoms with E-state index in [1.165, 1.54) is 5.56 Å². The maximum absolute atomic E-state index is 12.5. The number of hydrogen-bond acceptors (Lipinski definition) is 3. The van der Waals surface area contributed by atoms with E-state index < -0.39 is 0 Å². The van der Waals surface area contributed by atoms with E-state index in [1.807, 2.05) is 66.4 Å². The Kier molecular flexibility index (Phi) is 4.85. The molecule has 0 saturated carbocycles. The van der Waals surface area contributed by atoms with Crippen LogP contribution < -0.4 is 10.2 Å². The minimum atomic E-state index is -0.351. The highest BCUT2D eigenvalue weighted by molar-refractivity contribution is 5.98. The van der Waals surface area contributed by atoms with Gasteiger partial charge in [-0.15, -0.1) is 0 Å². The van der Waals surface area contributed by atoms with Crippen LogP contribution in [0.3, 0.4) is 0 Å². The largest absolute Gasteiger partial charge is 0.345 e. The Balaban J connectivity index is 1.79. The van der Waals surface area contributed by atoms with Gasteiger partial charge in [0.25, 0.3) is 5.91 Å². The van der Waals surface area contributed by atoms with E-state index in [2.05, 4.69) is 18.3 Å². The van der Waals surface area contributed by atoms with Gasteiger partial charge >= 0.3 is 0 Å². The van der Waals surface area contributed by atoms with Crippen LogP contribution in [-0.2, 0) is 11.2 Å². The molecule has 3 rings (SSSR count). The van der Waals surface area contributed by atoms with Crippen LogP contribution in [-0.4, -0.2) is 11.9 Å². The monoisotopic (exact) mass is 331 g/mol. The molecular formula is C21H21N3O. The molecule has 0 fully saturated rings. The zero-order valence-corrected chi connectivity index (χ0v) is 14.4. The molecule has 2 unspecified atom stereocenters. The van der Waals surface area contributed by atoms with Gasteiger partial charge in [0.1, 0.15) is 11.6 Å². The molecule has 0 aliphatic carbocycles. The maximum Gasteiger partial charge on any atom is 0.263 e. The number of hydrogen-bond donors (Lipinski definition) is 1. The molecule has 4 heteroatoms. The topological polar surface area (TPSA) is 56.1 Å². The molecule has 0 bridgehead atoms. The van der Waals surface area contributed by atoms with Crippen LogP contribution >= 0.6 is 0 Å². The molecule has 1 aliphatic heterocycles. The number of amides is 1.